The van der Waals surface area contributed by atoms with Crippen molar-refractivity contribution in [2.75, 3.05) is 61.3 Å². The largest absolute Gasteiger partial charge is 0.494 e. The summed E-state index contributed by atoms with van der Waals surface area (Å²) < 4.78 is 40.1. The van der Waals surface area contributed by atoms with E-state index in [4.69, 9.17) is 14.5 Å². The lowest BCUT2D eigenvalue weighted by atomic mass is 9.87. The Morgan fingerprint density at radius 3 is 2.49 bits per heavy atom. The summed E-state index contributed by atoms with van der Waals surface area (Å²) in [6.45, 7) is 12.7. The minimum Gasteiger partial charge on any atom is -0.494 e. The van der Waals surface area contributed by atoms with Crippen LogP contribution >= 0.6 is 0 Å². The zero-order valence-corrected chi connectivity index (χ0v) is 27.8. The molecule has 5 rings (SSSR count). The van der Waals surface area contributed by atoms with Gasteiger partial charge < -0.3 is 34.8 Å². The molecule has 2 aliphatic rings. The first-order valence-corrected chi connectivity index (χ1v) is 15.4. The first kappa shape index (κ1) is 33.6. The first-order valence-electron chi connectivity index (χ1n) is 15.4. The molecule has 11 nitrogen and oxygen atoms in total. The maximum absolute atomic E-state index is 14.6. The van der Waals surface area contributed by atoms with E-state index in [9.17, 15) is 18.4 Å². The lowest BCUT2D eigenvalue weighted by Crippen LogP contribution is -2.31. The maximum Gasteiger partial charge on any atom is 0.343 e. The van der Waals surface area contributed by atoms with Crippen LogP contribution < -0.4 is 25.2 Å². The molecule has 0 unspecified atom stereocenters. The third-order valence-corrected chi connectivity index (χ3v) is 8.44. The number of aromatic nitrogens is 2. The van der Waals surface area contributed by atoms with Crippen LogP contribution in [0.5, 0.6) is 5.75 Å². The molecule has 47 heavy (non-hydrogen) atoms. The molecule has 250 valence electrons. The van der Waals surface area contributed by atoms with E-state index in [2.05, 4.69) is 32.0 Å². The van der Waals surface area contributed by atoms with Crippen molar-refractivity contribution >= 4 is 46.4 Å². The Bertz CT molecular complexity index is 1710. The Hall–Kier alpha value is -4.78. The molecule has 1 aromatic heterocycles. The molecular formula is C34H41F2N7O4. The molecule has 0 aliphatic carbocycles. The van der Waals surface area contributed by atoms with E-state index in [1.54, 1.807) is 24.8 Å². The molecule has 1 saturated heterocycles. The van der Waals surface area contributed by atoms with Gasteiger partial charge in [0.1, 0.15) is 11.3 Å². The average molecular weight is 650 g/mol. The molecule has 1 atom stereocenters. The third kappa shape index (κ3) is 6.85. The van der Waals surface area contributed by atoms with Crippen molar-refractivity contribution in [2.24, 2.45) is 0 Å². The number of carbonyl (C=O) groups is 2. The fourth-order valence-corrected chi connectivity index (χ4v) is 6.00. The van der Waals surface area contributed by atoms with Crippen LogP contribution in [0.15, 0.2) is 43.1 Å². The van der Waals surface area contributed by atoms with E-state index >= 15 is 0 Å². The van der Waals surface area contributed by atoms with Gasteiger partial charge in [0, 0.05) is 55.1 Å². The Labute approximate surface area is 273 Å². The Balaban J connectivity index is 1.59. The summed E-state index contributed by atoms with van der Waals surface area (Å²) in [5.74, 6) is -2.29. The number of anilines is 6. The predicted octanol–water partition coefficient (Wildman–Crippen LogP) is 5.77. The zero-order valence-electron chi connectivity index (χ0n) is 27.8. The highest BCUT2D eigenvalue weighted by atomic mass is 19.2. The van der Waals surface area contributed by atoms with Crippen LogP contribution in [0.3, 0.4) is 0 Å². The summed E-state index contributed by atoms with van der Waals surface area (Å²) in [4.78, 5) is 40.9. The van der Waals surface area contributed by atoms with Gasteiger partial charge in [-0.1, -0.05) is 20.4 Å². The summed E-state index contributed by atoms with van der Waals surface area (Å²) in [5.41, 5.74) is 2.18. The second kappa shape index (κ2) is 13.1. The van der Waals surface area contributed by atoms with Crippen molar-refractivity contribution in [1.29, 1.82) is 0 Å². The van der Waals surface area contributed by atoms with Gasteiger partial charge in [-0.3, -0.25) is 4.79 Å². The van der Waals surface area contributed by atoms with Crippen molar-refractivity contribution in [2.45, 2.75) is 51.7 Å². The van der Waals surface area contributed by atoms with Gasteiger partial charge in [-0.05, 0) is 58.1 Å². The molecule has 3 aromatic rings. The number of hydrogen-bond donors (Lipinski definition) is 2. The molecule has 1 amide bonds. The van der Waals surface area contributed by atoms with Crippen LogP contribution in [-0.4, -0.2) is 79.7 Å². The minimum atomic E-state index is -1.01. The lowest BCUT2D eigenvalue weighted by molar-refractivity contribution is -0.111. The monoisotopic (exact) mass is 649 g/mol. The SMILES string of the molecule is C=CC(=O)Nc1cc(Nc2ncc(C(=O)OC(C)C)c(N3CC(C)(C)c4cc(F)c(F)cc43)n2)c(OC)cc1N1CC[C@@H](N(C)C)C1. The van der Waals surface area contributed by atoms with Gasteiger partial charge in [0.05, 0.1) is 30.3 Å². The number of halogens is 2. The van der Waals surface area contributed by atoms with Crippen molar-refractivity contribution in [3.05, 3.63) is 65.9 Å². The number of hydrogen-bond acceptors (Lipinski definition) is 10. The predicted molar refractivity (Wildman–Crippen MR) is 178 cm³/mol. The highest BCUT2D eigenvalue weighted by molar-refractivity contribution is 6.02. The molecule has 0 radical (unpaired) electrons. The van der Waals surface area contributed by atoms with Crippen molar-refractivity contribution < 1.29 is 27.8 Å². The molecular weight excluding hydrogens is 608 g/mol. The number of carbonyl (C=O) groups excluding carboxylic acids is 2. The molecule has 13 heteroatoms. The summed E-state index contributed by atoms with van der Waals surface area (Å²) in [5, 5.41) is 6.07. The fourth-order valence-electron chi connectivity index (χ4n) is 6.00. The van der Waals surface area contributed by atoms with E-state index in [0.29, 0.717) is 34.4 Å². The number of ether oxygens (including phenoxy) is 2. The van der Waals surface area contributed by atoms with E-state index in [0.717, 1.165) is 31.3 Å². The number of benzene rings is 2. The number of nitrogens with zero attached hydrogens (tertiary/aromatic N) is 5. The molecule has 2 N–H and O–H groups in total. The van der Waals surface area contributed by atoms with Crippen molar-refractivity contribution in [1.82, 2.24) is 14.9 Å². The number of methoxy groups -OCH3 is 1. The molecule has 0 bridgehead atoms. The molecule has 1 fully saturated rings. The zero-order chi connectivity index (χ0) is 34.2. The molecule has 2 aliphatic heterocycles. The summed E-state index contributed by atoms with van der Waals surface area (Å²) in [6, 6.07) is 6.21. The van der Waals surface area contributed by atoms with Crippen LogP contribution in [0.25, 0.3) is 0 Å². The van der Waals surface area contributed by atoms with Gasteiger partial charge in [0.15, 0.2) is 17.5 Å². The quantitative estimate of drug-likeness (QED) is 0.208. The number of esters is 1. The van der Waals surface area contributed by atoms with Crippen LogP contribution in [-0.2, 0) is 14.9 Å². The molecule has 2 aromatic carbocycles. The highest BCUT2D eigenvalue weighted by Crippen LogP contribution is 2.46. The standard InChI is InChI=1S/C34H41F2N7O4/c1-9-30(44)38-25-14-26(29(46-8)15-28(25)42-11-10-20(17-42)41(6)7)39-33-37-16-21(32(45)47-19(2)3)31(40-33)43-18-34(4,5)22-12-23(35)24(36)13-27(22)43/h9,12-16,19-20H,1,10-11,17-18H2,2-8H3,(H,38,44)(H,37,39,40)/t20-/m1/s1. The Morgan fingerprint density at radius 1 is 1.13 bits per heavy atom. The van der Waals surface area contributed by atoms with E-state index in [-0.39, 0.29) is 29.8 Å². The average Bonchev–Trinajstić information content (AvgIpc) is 3.60. The number of rotatable bonds is 10. The summed E-state index contributed by atoms with van der Waals surface area (Å²) >= 11 is 0. The number of likely N-dealkylation sites (N-methyl/N-ethyl adjacent to an activating group) is 1. The van der Waals surface area contributed by atoms with Crippen LogP contribution in [0, 0.1) is 11.6 Å². The van der Waals surface area contributed by atoms with Crippen LogP contribution in [0.2, 0.25) is 0 Å². The second-order valence-electron chi connectivity index (χ2n) is 12.9. The molecule has 0 saturated carbocycles. The third-order valence-electron chi connectivity index (χ3n) is 8.44. The van der Waals surface area contributed by atoms with E-state index < -0.39 is 29.1 Å². The van der Waals surface area contributed by atoms with Crippen LogP contribution in [0.1, 0.15) is 50.0 Å². The van der Waals surface area contributed by atoms with Gasteiger partial charge in [0.25, 0.3) is 0 Å². The van der Waals surface area contributed by atoms with Crippen molar-refractivity contribution in [3.8, 4) is 5.75 Å². The topological polar surface area (TPSA) is 112 Å². The van der Waals surface area contributed by atoms with Gasteiger partial charge in [-0.25, -0.2) is 18.6 Å². The molecule has 3 heterocycles. The van der Waals surface area contributed by atoms with Gasteiger partial charge in [-0.15, -0.1) is 0 Å². The van der Waals surface area contributed by atoms with Gasteiger partial charge >= 0.3 is 5.97 Å². The number of fused-ring (bicyclic) bond motifs is 1. The van der Waals surface area contributed by atoms with Crippen molar-refractivity contribution in [3.63, 3.8) is 0 Å². The smallest absolute Gasteiger partial charge is 0.343 e. The van der Waals surface area contributed by atoms with Gasteiger partial charge in [0.2, 0.25) is 11.9 Å². The fraction of sp³-hybridized carbons (Fsp3) is 0.412. The number of nitrogens with one attached hydrogen (secondary N) is 2. The van der Waals surface area contributed by atoms with Gasteiger partial charge in [-0.2, -0.15) is 4.98 Å². The highest BCUT2D eigenvalue weighted by Gasteiger charge is 2.39. The van der Waals surface area contributed by atoms with E-state index in [1.807, 2.05) is 34.0 Å². The molecule has 0 spiro atoms. The number of amides is 1. The van der Waals surface area contributed by atoms with Crippen LogP contribution in [0.4, 0.5) is 43.3 Å². The summed E-state index contributed by atoms with van der Waals surface area (Å²) in [7, 11) is 5.62. The maximum atomic E-state index is 14.6. The Morgan fingerprint density at radius 2 is 1.85 bits per heavy atom. The lowest BCUT2D eigenvalue weighted by Gasteiger charge is -2.26. The first-order chi connectivity index (χ1) is 22.2. The second-order valence-corrected chi connectivity index (χ2v) is 12.9. The minimum absolute atomic E-state index is 0.0587. The normalized spacial score (nSPS) is 16.8. The van der Waals surface area contributed by atoms with E-state index in [1.165, 1.54) is 25.4 Å². The summed E-state index contributed by atoms with van der Waals surface area (Å²) in [6.07, 6.45) is 3.08. The Kier molecular flexibility index (Phi) is 9.39.